The van der Waals surface area contributed by atoms with Crippen LogP contribution in [-0.2, 0) is 19.1 Å². The third kappa shape index (κ3) is 3.70. The van der Waals surface area contributed by atoms with E-state index >= 15 is 0 Å². The van der Waals surface area contributed by atoms with Gasteiger partial charge in [0, 0.05) is 6.04 Å². The van der Waals surface area contributed by atoms with Gasteiger partial charge in [0.2, 0.25) is 5.91 Å². The van der Waals surface area contributed by atoms with Gasteiger partial charge in [0.05, 0.1) is 13.2 Å². The van der Waals surface area contributed by atoms with E-state index in [1.165, 1.54) is 32.8 Å². The summed E-state index contributed by atoms with van der Waals surface area (Å²) in [4.78, 5) is 26.7. The summed E-state index contributed by atoms with van der Waals surface area (Å²) in [5.41, 5.74) is 0. The number of carbonyl (C=O) groups is 2. The number of likely N-dealkylation sites (tertiary alicyclic amines) is 1. The number of amides is 1. The van der Waals surface area contributed by atoms with Crippen molar-refractivity contribution in [2.24, 2.45) is 5.92 Å². The van der Waals surface area contributed by atoms with Crippen molar-refractivity contribution in [3.63, 3.8) is 0 Å². The summed E-state index contributed by atoms with van der Waals surface area (Å²) in [6.45, 7) is 0.112. The number of nitrogens with zero attached hydrogens (tertiary/aromatic N) is 1. The Hall–Kier alpha value is -1.10. The lowest BCUT2D eigenvalue weighted by atomic mass is 9.85. The fourth-order valence-electron chi connectivity index (χ4n) is 4.66. The van der Waals surface area contributed by atoms with Crippen molar-refractivity contribution < 1.29 is 19.1 Å². The summed E-state index contributed by atoms with van der Waals surface area (Å²) >= 11 is 0. The second kappa shape index (κ2) is 7.65. The highest BCUT2D eigenvalue weighted by Crippen LogP contribution is 2.40. The van der Waals surface area contributed by atoms with Crippen LogP contribution < -0.4 is 0 Å². The Balaban J connectivity index is 1.63. The molecule has 0 unspecified atom stereocenters. The monoisotopic (exact) mass is 323 g/mol. The topological polar surface area (TPSA) is 55.8 Å². The smallest absolute Gasteiger partial charge is 0.328 e. The first-order valence-electron chi connectivity index (χ1n) is 9.21. The lowest BCUT2D eigenvalue weighted by Crippen LogP contribution is -2.48. The van der Waals surface area contributed by atoms with Gasteiger partial charge in [-0.15, -0.1) is 0 Å². The van der Waals surface area contributed by atoms with Gasteiger partial charge in [-0.1, -0.05) is 32.1 Å². The van der Waals surface area contributed by atoms with Gasteiger partial charge in [-0.05, 0) is 38.0 Å². The van der Waals surface area contributed by atoms with Crippen molar-refractivity contribution in [1.82, 2.24) is 4.90 Å². The van der Waals surface area contributed by atoms with Crippen LogP contribution >= 0.6 is 0 Å². The molecule has 0 radical (unpaired) electrons. The minimum Gasteiger partial charge on any atom is -0.467 e. The number of rotatable bonds is 4. The van der Waals surface area contributed by atoms with E-state index in [0.29, 0.717) is 5.92 Å². The van der Waals surface area contributed by atoms with Crippen molar-refractivity contribution in [2.45, 2.75) is 82.4 Å². The highest BCUT2D eigenvalue weighted by Gasteiger charge is 2.47. The maximum Gasteiger partial charge on any atom is 0.328 e. The van der Waals surface area contributed by atoms with E-state index in [9.17, 15) is 9.59 Å². The summed E-state index contributed by atoms with van der Waals surface area (Å²) < 4.78 is 10.8. The quantitative estimate of drug-likeness (QED) is 0.746. The largest absolute Gasteiger partial charge is 0.467 e. The zero-order valence-corrected chi connectivity index (χ0v) is 14.2. The normalized spacial score (nSPS) is 31.7. The molecular weight excluding hydrogens is 294 g/mol. The molecule has 1 saturated heterocycles. The number of hydrogen-bond acceptors (Lipinski definition) is 4. The van der Waals surface area contributed by atoms with Crippen molar-refractivity contribution in [3.05, 3.63) is 0 Å². The number of fused-ring (bicyclic) bond motifs is 1. The molecule has 1 amide bonds. The van der Waals surface area contributed by atoms with Gasteiger partial charge < -0.3 is 14.4 Å². The lowest BCUT2D eigenvalue weighted by molar-refractivity contribution is -0.155. The third-order valence-corrected chi connectivity index (χ3v) is 5.84. The van der Waals surface area contributed by atoms with Crippen LogP contribution in [0.2, 0.25) is 0 Å². The molecule has 2 saturated carbocycles. The van der Waals surface area contributed by atoms with E-state index < -0.39 is 6.04 Å². The molecule has 5 nitrogen and oxygen atoms in total. The van der Waals surface area contributed by atoms with Crippen LogP contribution in [0.4, 0.5) is 0 Å². The highest BCUT2D eigenvalue weighted by molar-refractivity contribution is 5.86. The summed E-state index contributed by atoms with van der Waals surface area (Å²) in [5.74, 6) is 0.150. The molecule has 0 N–H and O–H groups in total. The molecule has 3 aliphatic rings. The van der Waals surface area contributed by atoms with Crippen LogP contribution in [0.5, 0.6) is 0 Å². The van der Waals surface area contributed by atoms with Gasteiger partial charge in [-0.25, -0.2) is 4.79 Å². The van der Waals surface area contributed by atoms with Gasteiger partial charge in [-0.3, -0.25) is 4.79 Å². The van der Waals surface area contributed by atoms with E-state index in [0.717, 1.165) is 38.5 Å². The second-order valence-corrected chi connectivity index (χ2v) is 7.26. The summed E-state index contributed by atoms with van der Waals surface area (Å²) in [7, 11) is 1.41. The van der Waals surface area contributed by atoms with Crippen LogP contribution in [0, 0.1) is 5.92 Å². The average molecular weight is 323 g/mol. The third-order valence-electron chi connectivity index (χ3n) is 5.84. The Morgan fingerprint density at radius 1 is 1.00 bits per heavy atom. The first-order valence-corrected chi connectivity index (χ1v) is 9.21. The Kier molecular flexibility index (Phi) is 5.57. The average Bonchev–Trinajstić information content (AvgIpc) is 2.99. The maximum absolute atomic E-state index is 12.8. The molecular formula is C18H29NO4. The van der Waals surface area contributed by atoms with Gasteiger partial charge in [0.15, 0.2) is 0 Å². The Bertz CT molecular complexity index is 433. The predicted molar refractivity (Wildman–Crippen MR) is 85.8 cm³/mol. The Morgan fingerprint density at radius 3 is 2.43 bits per heavy atom. The van der Waals surface area contributed by atoms with Gasteiger partial charge in [0.1, 0.15) is 12.6 Å². The summed E-state index contributed by atoms with van der Waals surface area (Å²) in [6.07, 6.45) is 11.2. The predicted octanol–water partition coefficient (Wildman–Crippen LogP) is 2.67. The molecule has 130 valence electrons. The first-order chi connectivity index (χ1) is 11.2. The zero-order valence-electron chi connectivity index (χ0n) is 14.2. The van der Waals surface area contributed by atoms with Crippen LogP contribution in [0.15, 0.2) is 0 Å². The highest BCUT2D eigenvalue weighted by atomic mass is 16.5. The molecule has 3 fully saturated rings. The van der Waals surface area contributed by atoms with Crippen LogP contribution in [0.25, 0.3) is 0 Å². The fraction of sp³-hybridized carbons (Fsp3) is 0.889. The molecule has 0 aromatic carbocycles. The molecule has 0 aromatic rings. The molecule has 0 spiro atoms. The maximum atomic E-state index is 12.8. The van der Waals surface area contributed by atoms with Gasteiger partial charge >= 0.3 is 5.97 Å². The van der Waals surface area contributed by atoms with E-state index in [1.54, 1.807) is 4.90 Å². The number of ether oxygens (including phenoxy) is 2. The Labute approximate surface area is 138 Å². The SMILES string of the molecule is COC(=O)[C@@H]1C[C@@H]2CCCC[C@H]2N1C(=O)COC1CCCCC1. The summed E-state index contributed by atoms with van der Waals surface area (Å²) in [6, 6.07) is -0.203. The standard InChI is InChI=1S/C18H29NO4/c1-22-18(21)16-11-13-7-5-6-10-15(13)19(16)17(20)12-23-14-8-3-2-4-9-14/h13-16H,2-12H2,1H3/t13-,15+,16-/m0/s1. The second-order valence-electron chi connectivity index (χ2n) is 7.26. The van der Waals surface area contributed by atoms with E-state index in [4.69, 9.17) is 9.47 Å². The minimum absolute atomic E-state index is 0.0274. The van der Waals surface area contributed by atoms with Crippen LogP contribution in [-0.4, -0.2) is 48.7 Å². The number of methoxy groups -OCH3 is 1. The fourth-order valence-corrected chi connectivity index (χ4v) is 4.66. The molecule has 0 aromatic heterocycles. The van der Waals surface area contributed by atoms with Crippen LogP contribution in [0.1, 0.15) is 64.2 Å². The molecule has 2 aliphatic carbocycles. The minimum atomic E-state index is -0.407. The number of esters is 1. The van der Waals surface area contributed by atoms with E-state index in [2.05, 4.69) is 0 Å². The molecule has 3 atom stereocenters. The van der Waals surface area contributed by atoms with Crippen molar-refractivity contribution >= 4 is 11.9 Å². The first kappa shape index (κ1) is 16.7. The molecule has 5 heteroatoms. The van der Waals surface area contributed by atoms with Crippen molar-refractivity contribution in [3.8, 4) is 0 Å². The zero-order chi connectivity index (χ0) is 16.2. The number of carbonyl (C=O) groups excluding carboxylic acids is 2. The molecule has 23 heavy (non-hydrogen) atoms. The van der Waals surface area contributed by atoms with Gasteiger partial charge in [0.25, 0.3) is 0 Å². The Morgan fingerprint density at radius 2 is 1.70 bits per heavy atom. The molecule has 1 heterocycles. The molecule has 3 rings (SSSR count). The van der Waals surface area contributed by atoms with E-state index in [-0.39, 0.29) is 30.6 Å². The van der Waals surface area contributed by atoms with Crippen molar-refractivity contribution in [1.29, 1.82) is 0 Å². The summed E-state index contributed by atoms with van der Waals surface area (Å²) in [5, 5.41) is 0. The molecule has 0 bridgehead atoms. The van der Waals surface area contributed by atoms with Crippen molar-refractivity contribution in [2.75, 3.05) is 13.7 Å². The van der Waals surface area contributed by atoms with E-state index in [1.807, 2.05) is 0 Å². The lowest BCUT2D eigenvalue weighted by Gasteiger charge is -2.33. The number of hydrogen-bond donors (Lipinski definition) is 0. The van der Waals surface area contributed by atoms with Crippen LogP contribution in [0.3, 0.4) is 0 Å². The van der Waals surface area contributed by atoms with Gasteiger partial charge in [-0.2, -0.15) is 0 Å². The molecule has 1 aliphatic heterocycles.